The average Bonchev–Trinajstić information content (AvgIpc) is 2.76. The Labute approximate surface area is 100 Å². The van der Waals surface area contributed by atoms with Crippen LogP contribution in [-0.4, -0.2) is 27.2 Å². The Hall–Kier alpha value is -1.91. The van der Waals surface area contributed by atoms with Gasteiger partial charge in [-0.05, 0) is 19.1 Å². The Bertz CT molecular complexity index is 479. The molecular weight excluding hydrogens is 218 g/mol. The van der Waals surface area contributed by atoms with E-state index in [2.05, 4.69) is 10.2 Å². The predicted molar refractivity (Wildman–Crippen MR) is 64.7 cm³/mol. The first-order valence-corrected chi connectivity index (χ1v) is 5.75. The van der Waals surface area contributed by atoms with Crippen LogP contribution >= 0.6 is 0 Å². The van der Waals surface area contributed by atoms with E-state index in [-0.39, 0.29) is 12.4 Å². The summed E-state index contributed by atoms with van der Waals surface area (Å²) in [7, 11) is 0. The number of carbonyl (C=O) groups is 1. The second-order valence-corrected chi connectivity index (χ2v) is 3.03. The van der Waals surface area contributed by atoms with Crippen LogP contribution in [-0.2, 0) is 16.0 Å². The fourth-order valence-electron chi connectivity index (χ4n) is 1.35. The third kappa shape index (κ3) is 3.27. The summed E-state index contributed by atoms with van der Waals surface area (Å²) < 4.78 is 6.62. The molecule has 5 heteroatoms. The van der Waals surface area contributed by atoms with Gasteiger partial charge in [-0.25, -0.2) is 0 Å². The first kappa shape index (κ1) is 13.2. The zero-order chi connectivity index (χ0) is 12.7. The third-order valence-corrected chi connectivity index (χ3v) is 1.99. The van der Waals surface area contributed by atoms with Crippen LogP contribution < -0.4 is 0 Å². The number of esters is 1. The number of aromatic nitrogens is 3. The van der Waals surface area contributed by atoms with E-state index in [9.17, 15) is 4.79 Å². The van der Waals surface area contributed by atoms with Gasteiger partial charge in [0.1, 0.15) is 12.2 Å². The summed E-state index contributed by atoms with van der Waals surface area (Å²) in [5.41, 5.74) is 0.733. The number of hydrogen-bond acceptors (Lipinski definition) is 4. The summed E-state index contributed by atoms with van der Waals surface area (Å²) in [4.78, 5) is 11.3. The molecule has 2 aromatic heterocycles. The highest BCUT2D eigenvalue weighted by Gasteiger charge is 2.10. The maximum Gasteiger partial charge on any atom is 0.313 e. The van der Waals surface area contributed by atoms with E-state index in [1.165, 1.54) is 0 Å². The molecule has 0 aliphatic heterocycles. The van der Waals surface area contributed by atoms with Crippen molar-refractivity contribution >= 4 is 11.6 Å². The first-order chi connectivity index (χ1) is 8.31. The van der Waals surface area contributed by atoms with E-state index >= 15 is 0 Å². The third-order valence-electron chi connectivity index (χ3n) is 1.99. The number of nitrogens with zero attached hydrogens (tertiary/aromatic N) is 3. The Morgan fingerprint density at radius 1 is 1.35 bits per heavy atom. The molecule has 0 atom stereocenters. The smallest absolute Gasteiger partial charge is 0.313 e. The molecule has 0 radical (unpaired) electrons. The zero-order valence-corrected chi connectivity index (χ0v) is 10.4. The van der Waals surface area contributed by atoms with Crippen molar-refractivity contribution in [2.75, 3.05) is 6.61 Å². The molecular formula is C12H17N3O2. The van der Waals surface area contributed by atoms with E-state index in [0.717, 1.165) is 5.65 Å². The molecule has 0 saturated heterocycles. The number of carbonyl (C=O) groups excluding carboxylic acids is 1. The number of rotatable bonds is 3. The van der Waals surface area contributed by atoms with Crippen molar-refractivity contribution < 1.29 is 9.53 Å². The van der Waals surface area contributed by atoms with Gasteiger partial charge >= 0.3 is 5.97 Å². The lowest BCUT2D eigenvalue weighted by Gasteiger charge is -1.99. The molecule has 2 rings (SSSR count). The van der Waals surface area contributed by atoms with Gasteiger partial charge in [-0.15, -0.1) is 10.2 Å². The zero-order valence-electron chi connectivity index (χ0n) is 10.4. The second-order valence-electron chi connectivity index (χ2n) is 3.03. The lowest BCUT2D eigenvalue weighted by Crippen LogP contribution is -2.10. The van der Waals surface area contributed by atoms with Crippen LogP contribution in [0, 0.1) is 0 Å². The molecule has 0 bridgehead atoms. The van der Waals surface area contributed by atoms with Crippen molar-refractivity contribution in [1.82, 2.24) is 14.6 Å². The maximum atomic E-state index is 11.3. The standard InChI is InChI=1S/C10H11N3O2.C2H6/c1-2-15-10(14)7-9-12-11-8-5-3-4-6-13(8)9;1-2/h3-6H,2,7H2,1H3;1-2H3. The summed E-state index contributed by atoms with van der Waals surface area (Å²) in [6.07, 6.45) is 1.98. The van der Waals surface area contributed by atoms with Crippen LogP contribution in [0.15, 0.2) is 24.4 Å². The van der Waals surface area contributed by atoms with E-state index in [4.69, 9.17) is 4.74 Å². The molecule has 0 saturated carbocycles. The van der Waals surface area contributed by atoms with Gasteiger partial charge in [0.05, 0.1) is 6.61 Å². The number of hydrogen-bond donors (Lipinski definition) is 0. The van der Waals surface area contributed by atoms with Crippen LogP contribution in [0.25, 0.3) is 5.65 Å². The Morgan fingerprint density at radius 3 is 2.82 bits per heavy atom. The molecule has 0 aromatic carbocycles. The van der Waals surface area contributed by atoms with E-state index in [0.29, 0.717) is 12.4 Å². The molecule has 0 unspecified atom stereocenters. The summed E-state index contributed by atoms with van der Waals surface area (Å²) in [5.74, 6) is 0.319. The SMILES string of the molecule is CC.CCOC(=O)Cc1nnc2ccccn12. The van der Waals surface area contributed by atoms with Gasteiger partial charge in [0.2, 0.25) is 0 Å². The highest BCUT2D eigenvalue weighted by Crippen LogP contribution is 2.03. The molecule has 0 fully saturated rings. The molecule has 0 spiro atoms. The summed E-state index contributed by atoms with van der Waals surface area (Å²) in [6, 6.07) is 5.57. The summed E-state index contributed by atoms with van der Waals surface area (Å²) in [6.45, 7) is 6.16. The van der Waals surface area contributed by atoms with E-state index < -0.39 is 0 Å². The highest BCUT2D eigenvalue weighted by molar-refractivity contribution is 5.71. The van der Waals surface area contributed by atoms with Gasteiger partial charge in [-0.1, -0.05) is 19.9 Å². The molecule has 2 heterocycles. The molecule has 0 aliphatic carbocycles. The second kappa shape index (κ2) is 6.62. The monoisotopic (exact) mass is 235 g/mol. The van der Waals surface area contributed by atoms with Crippen molar-refractivity contribution in [2.24, 2.45) is 0 Å². The topological polar surface area (TPSA) is 56.5 Å². The Kier molecular flexibility index (Phi) is 5.13. The van der Waals surface area contributed by atoms with Crippen molar-refractivity contribution in [3.8, 4) is 0 Å². The molecule has 0 aliphatic rings. The largest absolute Gasteiger partial charge is 0.466 e. The van der Waals surface area contributed by atoms with E-state index in [1.54, 1.807) is 11.3 Å². The van der Waals surface area contributed by atoms with Gasteiger partial charge in [0.25, 0.3) is 0 Å². The van der Waals surface area contributed by atoms with Gasteiger partial charge in [0.15, 0.2) is 5.65 Å². The average molecular weight is 235 g/mol. The molecule has 92 valence electrons. The van der Waals surface area contributed by atoms with E-state index in [1.807, 2.05) is 38.2 Å². The van der Waals surface area contributed by atoms with Crippen LogP contribution in [0.3, 0.4) is 0 Å². The van der Waals surface area contributed by atoms with Gasteiger partial charge in [-0.2, -0.15) is 0 Å². The number of pyridine rings is 1. The summed E-state index contributed by atoms with van der Waals surface area (Å²) >= 11 is 0. The van der Waals surface area contributed by atoms with Gasteiger partial charge in [-0.3, -0.25) is 9.20 Å². The van der Waals surface area contributed by atoms with Crippen molar-refractivity contribution in [1.29, 1.82) is 0 Å². The fraction of sp³-hybridized carbons (Fsp3) is 0.417. The number of fused-ring (bicyclic) bond motifs is 1. The van der Waals surface area contributed by atoms with Gasteiger partial charge in [0, 0.05) is 6.20 Å². The normalized spacial score (nSPS) is 9.59. The van der Waals surface area contributed by atoms with Crippen molar-refractivity contribution in [3.63, 3.8) is 0 Å². The van der Waals surface area contributed by atoms with Crippen LogP contribution in [0.2, 0.25) is 0 Å². The lowest BCUT2D eigenvalue weighted by atomic mass is 10.4. The minimum Gasteiger partial charge on any atom is -0.466 e. The first-order valence-electron chi connectivity index (χ1n) is 5.75. The minimum atomic E-state index is -0.282. The van der Waals surface area contributed by atoms with Crippen molar-refractivity contribution in [3.05, 3.63) is 30.2 Å². The molecule has 0 N–H and O–H groups in total. The maximum absolute atomic E-state index is 11.3. The Balaban J connectivity index is 0.000000686. The molecule has 2 aromatic rings. The Morgan fingerprint density at radius 2 is 2.12 bits per heavy atom. The minimum absolute atomic E-state index is 0.152. The quantitative estimate of drug-likeness (QED) is 0.762. The number of ether oxygens (including phenoxy) is 1. The highest BCUT2D eigenvalue weighted by atomic mass is 16.5. The molecule has 17 heavy (non-hydrogen) atoms. The fourth-order valence-corrected chi connectivity index (χ4v) is 1.35. The van der Waals surface area contributed by atoms with Crippen LogP contribution in [0.5, 0.6) is 0 Å². The molecule has 5 nitrogen and oxygen atoms in total. The van der Waals surface area contributed by atoms with Gasteiger partial charge < -0.3 is 4.74 Å². The van der Waals surface area contributed by atoms with Crippen LogP contribution in [0.4, 0.5) is 0 Å². The van der Waals surface area contributed by atoms with Crippen LogP contribution in [0.1, 0.15) is 26.6 Å². The lowest BCUT2D eigenvalue weighted by molar-refractivity contribution is -0.142. The summed E-state index contributed by atoms with van der Waals surface area (Å²) in [5, 5.41) is 7.87. The van der Waals surface area contributed by atoms with Crippen molar-refractivity contribution in [2.45, 2.75) is 27.2 Å². The molecule has 0 amide bonds. The predicted octanol–water partition coefficient (Wildman–Crippen LogP) is 1.86.